The number of carboxylic acid groups (broad SMARTS) is 1. The summed E-state index contributed by atoms with van der Waals surface area (Å²) in [5.41, 5.74) is 5.04. The average Bonchev–Trinajstić information content (AvgIpc) is 2.13. The Morgan fingerprint density at radius 2 is 1.94 bits per heavy atom. The predicted molar refractivity (Wildman–Crippen MR) is 51.5 cm³/mol. The molecule has 3 atom stereocenters. The lowest BCUT2D eigenvalue weighted by atomic mass is 9.76. The van der Waals surface area contributed by atoms with Crippen LogP contribution in [0.1, 0.15) is 12.8 Å². The molecule has 1 aliphatic rings. The number of carboxylic acids is 1. The van der Waals surface area contributed by atoms with Gasteiger partial charge >= 0.3 is 5.97 Å². The zero-order chi connectivity index (χ0) is 13.4. The fraction of sp³-hybridized carbons (Fsp3) is 0.667. The van der Waals surface area contributed by atoms with E-state index in [1.807, 2.05) is 0 Å². The summed E-state index contributed by atoms with van der Waals surface area (Å²) in [6, 6.07) is -2.15. The van der Waals surface area contributed by atoms with Crippen molar-refractivity contribution in [2.24, 2.45) is 11.7 Å². The molecule has 1 saturated carbocycles. The number of ketones is 2. The molecule has 0 aromatic heterocycles. The zero-order valence-corrected chi connectivity index (χ0v) is 8.74. The van der Waals surface area contributed by atoms with E-state index in [-0.39, 0.29) is 0 Å². The molecule has 8 nitrogen and oxygen atoms in total. The van der Waals surface area contributed by atoms with Crippen molar-refractivity contribution in [3.8, 4) is 0 Å². The maximum absolute atomic E-state index is 11.4. The number of aliphatic hydroxyl groups excluding tert-OH is 1. The normalized spacial score (nSPS) is 28.0. The number of hydrogen-bond acceptors (Lipinski definition) is 7. The predicted octanol–water partition coefficient (Wildman–Crippen LogP) is -3.01. The van der Waals surface area contributed by atoms with E-state index < -0.39 is 54.2 Å². The summed E-state index contributed by atoms with van der Waals surface area (Å²) in [5.74, 6) is -8.10. The molecule has 0 spiro atoms. The molecule has 8 heteroatoms. The van der Waals surface area contributed by atoms with Gasteiger partial charge < -0.3 is 26.2 Å². The Balaban J connectivity index is 3.01. The van der Waals surface area contributed by atoms with Gasteiger partial charge in [0.15, 0.2) is 11.8 Å². The molecule has 96 valence electrons. The van der Waals surface area contributed by atoms with E-state index in [0.717, 1.165) is 0 Å². The van der Waals surface area contributed by atoms with Crippen molar-refractivity contribution in [3.63, 3.8) is 0 Å². The van der Waals surface area contributed by atoms with Crippen molar-refractivity contribution in [2.75, 3.05) is 0 Å². The van der Waals surface area contributed by atoms with Crippen LogP contribution < -0.4 is 5.73 Å². The van der Waals surface area contributed by atoms with Gasteiger partial charge in [-0.15, -0.1) is 0 Å². The molecule has 0 aromatic rings. The molecular formula is C9H13NO7. The van der Waals surface area contributed by atoms with Crippen molar-refractivity contribution in [1.82, 2.24) is 0 Å². The number of aliphatic hydroxyl groups is 3. The highest BCUT2D eigenvalue weighted by atomic mass is 16.5. The van der Waals surface area contributed by atoms with Crippen molar-refractivity contribution in [1.29, 1.82) is 0 Å². The van der Waals surface area contributed by atoms with E-state index in [1.54, 1.807) is 0 Å². The Kier molecular flexibility index (Phi) is 3.62. The molecule has 6 N–H and O–H groups in total. The highest BCUT2D eigenvalue weighted by Gasteiger charge is 2.53. The largest absolute Gasteiger partial charge is 0.480 e. The third kappa shape index (κ3) is 2.50. The summed E-state index contributed by atoms with van der Waals surface area (Å²) in [5, 5.41) is 37.2. The molecule has 0 amide bonds. The lowest BCUT2D eigenvalue weighted by Gasteiger charge is -2.37. The first-order valence-corrected chi connectivity index (χ1v) is 4.83. The molecule has 3 unspecified atom stereocenters. The van der Waals surface area contributed by atoms with Gasteiger partial charge in [0, 0.05) is 6.42 Å². The molecule has 0 aliphatic heterocycles. The maximum atomic E-state index is 11.4. The van der Waals surface area contributed by atoms with Crippen LogP contribution in [0.15, 0.2) is 0 Å². The minimum absolute atomic E-state index is 0.439. The quantitative estimate of drug-likeness (QED) is 0.260. The van der Waals surface area contributed by atoms with Gasteiger partial charge in [-0.2, -0.15) is 0 Å². The molecule has 0 bridgehead atoms. The first-order chi connectivity index (χ1) is 7.67. The number of nitrogens with two attached hydrogens (primary N) is 1. The van der Waals surface area contributed by atoms with E-state index in [2.05, 4.69) is 0 Å². The van der Waals surface area contributed by atoms with Crippen molar-refractivity contribution in [3.05, 3.63) is 0 Å². The second-order valence-electron chi connectivity index (χ2n) is 4.03. The Morgan fingerprint density at radius 1 is 1.41 bits per heavy atom. The Morgan fingerprint density at radius 3 is 2.35 bits per heavy atom. The third-order valence-corrected chi connectivity index (χ3v) is 2.72. The monoisotopic (exact) mass is 247 g/mol. The summed E-state index contributed by atoms with van der Waals surface area (Å²) >= 11 is 0. The van der Waals surface area contributed by atoms with Gasteiger partial charge in [0.2, 0.25) is 5.79 Å². The molecule has 17 heavy (non-hydrogen) atoms. The standard InChI is InChI=1S/C9H13NO7/c10-7(8(14)15)9(16,17)6-4(12)1-3(11)2-5(6)13/h4,6-7,12,16-17H,1-2,10H2,(H,14,15). The minimum Gasteiger partial charge on any atom is -0.480 e. The van der Waals surface area contributed by atoms with Gasteiger partial charge in [-0.25, -0.2) is 0 Å². The molecule has 0 aromatic carbocycles. The van der Waals surface area contributed by atoms with Crippen LogP contribution in [0, 0.1) is 5.92 Å². The molecular weight excluding hydrogens is 234 g/mol. The molecule has 0 saturated heterocycles. The number of rotatable bonds is 3. The van der Waals surface area contributed by atoms with Crippen LogP contribution in [-0.4, -0.2) is 55.9 Å². The smallest absolute Gasteiger partial charge is 0.326 e. The Bertz CT molecular complexity index is 364. The molecule has 1 fully saturated rings. The first-order valence-electron chi connectivity index (χ1n) is 4.83. The molecule has 0 heterocycles. The lowest BCUT2D eigenvalue weighted by molar-refractivity contribution is -0.233. The van der Waals surface area contributed by atoms with Crippen LogP contribution in [-0.2, 0) is 14.4 Å². The van der Waals surface area contributed by atoms with Gasteiger partial charge in [0.05, 0.1) is 12.5 Å². The summed E-state index contributed by atoms with van der Waals surface area (Å²) < 4.78 is 0. The third-order valence-electron chi connectivity index (χ3n) is 2.72. The van der Waals surface area contributed by atoms with Crippen LogP contribution >= 0.6 is 0 Å². The van der Waals surface area contributed by atoms with Crippen molar-refractivity contribution in [2.45, 2.75) is 30.8 Å². The van der Waals surface area contributed by atoms with Gasteiger partial charge in [-0.1, -0.05) is 0 Å². The lowest BCUT2D eigenvalue weighted by Crippen LogP contribution is -2.63. The summed E-state index contributed by atoms with van der Waals surface area (Å²) in [6.45, 7) is 0. The summed E-state index contributed by atoms with van der Waals surface area (Å²) in [6.07, 6.45) is -2.66. The van der Waals surface area contributed by atoms with Gasteiger partial charge in [0.25, 0.3) is 0 Å². The number of aliphatic carboxylic acids is 1. The summed E-state index contributed by atoms with van der Waals surface area (Å²) in [7, 11) is 0. The van der Waals surface area contributed by atoms with Crippen molar-refractivity contribution < 1.29 is 34.8 Å². The van der Waals surface area contributed by atoms with E-state index in [1.165, 1.54) is 0 Å². The first kappa shape index (κ1) is 13.7. The van der Waals surface area contributed by atoms with Crippen LogP contribution in [0.5, 0.6) is 0 Å². The SMILES string of the molecule is NC(C(=O)O)C(O)(O)C1C(=O)CC(=O)CC1O. The van der Waals surface area contributed by atoms with Crippen LogP contribution in [0.4, 0.5) is 0 Å². The van der Waals surface area contributed by atoms with E-state index >= 15 is 0 Å². The van der Waals surface area contributed by atoms with E-state index in [9.17, 15) is 29.7 Å². The average molecular weight is 247 g/mol. The molecule has 1 rings (SSSR count). The fourth-order valence-corrected chi connectivity index (χ4v) is 1.84. The second kappa shape index (κ2) is 4.49. The van der Waals surface area contributed by atoms with Crippen molar-refractivity contribution >= 4 is 17.5 Å². The number of carbonyl (C=O) groups is 3. The Hall–Kier alpha value is -1.35. The second-order valence-corrected chi connectivity index (χ2v) is 4.03. The topological polar surface area (TPSA) is 158 Å². The minimum atomic E-state index is -3.09. The highest BCUT2D eigenvalue weighted by molar-refractivity contribution is 6.03. The zero-order valence-electron chi connectivity index (χ0n) is 8.74. The number of hydrogen-bond donors (Lipinski definition) is 5. The number of carbonyl (C=O) groups excluding carboxylic acids is 2. The Labute approximate surface area is 95.7 Å². The maximum Gasteiger partial charge on any atom is 0.326 e. The van der Waals surface area contributed by atoms with Gasteiger partial charge in [-0.3, -0.25) is 14.4 Å². The van der Waals surface area contributed by atoms with Crippen LogP contribution in [0.2, 0.25) is 0 Å². The highest BCUT2D eigenvalue weighted by Crippen LogP contribution is 2.29. The number of Topliss-reactive ketones (excluding diaryl/α,β-unsaturated/α-hetero) is 2. The fourth-order valence-electron chi connectivity index (χ4n) is 1.84. The van der Waals surface area contributed by atoms with Gasteiger partial charge in [0.1, 0.15) is 11.7 Å². The molecule has 0 radical (unpaired) electrons. The van der Waals surface area contributed by atoms with E-state index in [0.29, 0.717) is 0 Å². The molecule has 1 aliphatic carbocycles. The van der Waals surface area contributed by atoms with Crippen LogP contribution in [0.25, 0.3) is 0 Å². The van der Waals surface area contributed by atoms with E-state index in [4.69, 9.17) is 10.8 Å². The van der Waals surface area contributed by atoms with Gasteiger partial charge in [-0.05, 0) is 0 Å². The van der Waals surface area contributed by atoms with Crippen LogP contribution in [0.3, 0.4) is 0 Å². The summed E-state index contributed by atoms with van der Waals surface area (Å²) in [4.78, 5) is 33.0.